The molecule has 0 bridgehead atoms. The third-order valence-corrected chi connectivity index (χ3v) is 5.17. The molecule has 11 heteroatoms. The molecule has 0 aliphatic rings. The molecule has 33 heavy (non-hydrogen) atoms. The predicted octanol–water partition coefficient (Wildman–Crippen LogP) is 5.54. The molecule has 2 aromatic carbocycles. The average molecular weight is 472 g/mol. The molecule has 4 aromatic rings. The van der Waals surface area contributed by atoms with Gasteiger partial charge in [-0.25, -0.2) is 18.4 Å². The second-order valence-corrected chi connectivity index (χ2v) is 7.61. The quantitative estimate of drug-likeness (QED) is 0.293. The van der Waals surface area contributed by atoms with E-state index < -0.39 is 23.8 Å². The first-order valence-corrected chi connectivity index (χ1v) is 10.1. The van der Waals surface area contributed by atoms with Crippen molar-refractivity contribution in [3.05, 3.63) is 81.0 Å². The van der Waals surface area contributed by atoms with E-state index in [1.165, 1.54) is 22.9 Å². The fourth-order valence-electron chi connectivity index (χ4n) is 3.51. The summed E-state index contributed by atoms with van der Waals surface area (Å²) < 4.78 is 28.9. The molecule has 168 valence electrons. The Labute approximate surface area is 191 Å². The molecule has 1 amide bonds. The summed E-state index contributed by atoms with van der Waals surface area (Å²) in [6.07, 6.45) is -2.78. The number of carbonyl (C=O) groups excluding carboxylic acids is 1. The number of nitro groups is 1. The maximum Gasteiger partial charge on any atom is 0.294 e. The normalized spacial score (nSPS) is 11.2. The second-order valence-electron chi connectivity index (χ2n) is 7.17. The highest BCUT2D eigenvalue weighted by molar-refractivity contribution is 6.31. The molecule has 0 saturated heterocycles. The van der Waals surface area contributed by atoms with Crippen LogP contribution < -0.4 is 5.32 Å². The Bertz CT molecular complexity index is 1380. The van der Waals surface area contributed by atoms with Gasteiger partial charge < -0.3 is 5.32 Å². The van der Waals surface area contributed by atoms with Crippen LogP contribution in [0.5, 0.6) is 0 Å². The number of aromatic nitrogens is 3. The summed E-state index contributed by atoms with van der Waals surface area (Å²) in [5.41, 5.74) is 0.691. The number of hydrogen-bond donors (Lipinski definition) is 1. The third kappa shape index (κ3) is 4.51. The van der Waals surface area contributed by atoms with E-state index in [9.17, 15) is 23.7 Å². The van der Waals surface area contributed by atoms with Crippen LogP contribution in [0.4, 0.5) is 20.2 Å². The zero-order chi connectivity index (χ0) is 23.7. The monoisotopic (exact) mass is 471 g/mol. The average Bonchev–Trinajstić information content (AvgIpc) is 3.09. The van der Waals surface area contributed by atoms with E-state index in [1.54, 1.807) is 37.3 Å². The zero-order valence-corrected chi connectivity index (χ0v) is 17.9. The Morgan fingerprint density at radius 2 is 1.94 bits per heavy atom. The Balaban J connectivity index is 1.73. The number of hydrogen-bond acceptors (Lipinski definition) is 5. The van der Waals surface area contributed by atoms with E-state index in [-0.39, 0.29) is 38.7 Å². The molecule has 1 N–H and O–H groups in total. The second kappa shape index (κ2) is 8.91. The largest absolute Gasteiger partial charge is 0.319 e. The summed E-state index contributed by atoms with van der Waals surface area (Å²) in [6, 6.07) is 13.9. The summed E-state index contributed by atoms with van der Waals surface area (Å²) >= 11 is 5.80. The minimum atomic E-state index is -2.78. The number of anilines is 1. The van der Waals surface area contributed by atoms with Gasteiger partial charge in [0.05, 0.1) is 21.7 Å². The topological polar surface area (TPSA) is 103 Å². The van der Waals surface area contributed by atoms with Crippen LogP contribution in [0.3, 0.4) is 0 Å². The van der Waals surface area contributed by atoms with Crippen molar-refractivity contribution in [2.24, 2.45) is 0 Å². The van der Waals surface area contributed by atoms with Crippen molar-refractivity contribution in [3.8, 4) is 11.3 Å². The minimum Gasteiger partial charge on any atom is -0.319 e. The van der Waals surface area contributed by atoms with Crippen LogP contribution in [0, 0.1) is 17.0 Å². The molecule has 0 unspecified atom stereocenters. The zero-order valence-electron chi connectivity index (χ0n) is 17.1. The first-order valence-electron chi connectivity index (χ1n) is 9.70. The highest BCUT2D eigenvalue weighted by Crippen LogP contribution is 2.33. The Hall–Kier alpha value is -3.92. The number of amides is 1. The number of rotatable bonds is 6. The molecular weight excluding hydrogens is 456 g/mol. The maximum atomic E-state index is 13.9. The molecule has 4 rings (SSSR count). The number of benzene rings is 2. The summed E-state index contributed by atoms with van der Waals surface area (Å²) in [4.78, 5) is 27.7. The molecule has 0 saturated carbocycles. The first-order chi connectivity index (χ1) is 15.7. The Morgan fingerprint density at radius 1 is 1.21 bits per heavy atom. The van der Waals surface area contributed by atoms with Gasteiger partial charge in [-0.05, 0) is 25.1 Å². The summed E-state index contributed by atoms with van der Waals surface area (Å²) in [5, 5.41) is 18.2. The molecule has 8 nitrogen and oxygen atoms in total. The van der Waals surface area contributed by atoms with Crippen molar-refractivity contribution < 1.29 is 18.5 Å². The molecule has 0 spiro atoms. The SMILES string of the molecule is Cc1nn(CC(=O)Nc2ccc(Cl)cc2[N+](=O)[O-])c2nc(-c3ccccc3)cc(C(F)F)c12. The summed E-state index contributed by atoms with van der Waals surface area (Å²) in [5.74, 6) is -0.643. The molecule has 0 aliphatic heterocycles. The number of aryl methyl sites for hydroxylation is 1. The van der Waals surface area contributed by atoms with Gasteiger partial charge in [0.15, 0.2) is 5.65 Å². The molecule has 2 aromatic heterocycles. The summed E-state index contributed by atoms with van der Waals surface area (Å²) in [6.45, 7) is 1.16. The van der Waals surface area contributed by atoms with E-state index >= 15 is 0 Å². The number of fused-ring (bicyclic) bond motifs is 1. The van der Waals surface area contributed by atoms with Crippen LogP contribution in [-0.4, -0.2) is 25.6 Å². The minimum absolute atomic E-state index is 0.0474. The Kier molecular flexibility index (Phi) is 6.01. The van der Waals surface area contributed by atoms with Crippen molar-refractivity contribution in [1.82, 2.24) is 14.8 Å². The number of carbonyl (C=O) groups is 1. The van der Waals surface area contributed by atoms with Crippen molar-refractivity contribution in [3.63, 3.8) is 0 Å². The molecule has 0 atom stereocenters. The van der Waals surface area contributed by atoms with Gasteiger partial charge in [0.25, 0.3) is 12.1 Å². The lowest BCUT2D eigenvalue weighted by molar-refractivity contribution is -0.383. The molecule has 0 aliphatic carbocycles. The van der Waals surface area contributed by atoms with Crippen LogP contribution >= 0.6 is 11.6 Å². The number of pyridine rings is 1. The van der Waals surface area contributed by atoms with Gasteiger partial charge in [-0.1, -0.05) is 41.9 Å². The van der Waals surface area contributed by atoms with Gasteiger partial charge in [0.2, 0.25) is 5.91 Å². The molecular formula is C22H16ClF2N5O3. The van der Waals surface area contributed by atoms with E-state index in [0.717, 1.165) is 6.07 Å². The number of halogens is 3. The smallest absolute Gasteiger partial charge is 0.294 e. The lowest BCUT2D eigenvalue weighted by Crippen LogP contribution is -2.20. The van der Waals surface area contributed by atoms with Crippen LogP contribution in [-0.2, 0) is 11.3 Å². The van der Waals surface area contributed by atoms with E-state index in [1.807, 2.05) is 0 Å². The van der Waals surface area contributed by atoms with Crippen LogP contribution in [0.1, 0.15) is 17.7 Å². The van der Waals surface area contributed by atoms with Crippen molar-refractivity contribution in [2.45, 2.75) is 19.9 Å². The number of nitro benzene ring substituents is 1. The Morgan fingerprint density at radius 3 is 2.61 bits per heavy atom. The lowest BCUT2D eigenvalue weighted by Gasteiger charge is -2.09. The number of nitrogens with zero attached hydrogens (tertiary/aromatic N) is 4. The summed E-state index contributed by atoms with van der Waals surface area (Å²) in [7, 11) is 0. The fourth-order valence-corrected chi connectivity index (χ4v) is 3.68. The van der Waals surface area contributed by atoms with E-state index in [4.69, 9.17) is 11.6 Å². The van der Waals surface area contributed by atoms with Gasteiger partial charge in [-0.15, -0.1) is 0 Å². The van der Waals surface area contributed by atoms with Crippen LogP contribution in [0.2, 0.25) is 5.02 Å². The van der Waals surface area contributed by atoms with Gasteiger partial charge in [0, 0.05) is 22.2 Å². The first kappa shape index (κ1) is 22.3. The standard InChI is InChI=1S/C22H16ClF2N5O3/c1-12-20-15(21(24)25)10-17(13-5-3-2-4-6-13)27-22(20)29(28-12)11-19(31)26-16-8-7-14(23)9-18(16)30(32)33/h2-10,21H,11H2,1H3,(H,26,31). The van der Waals surface area contributed by atoms with Crippen molar-refractivity contribution in [2.75, 3.05) is 5.32 Å². The van der Waals surface area contributed by atoms with Gasteiger partial charge in [-0.3, -0.25) is 14.9 Å². The van der Waals surface area contributed by atoms with E-state index in [2.05, 4.69) is 15.4 Å². The van der Waals surface area contributed by atoms with Gasteiger partial charge in [0.1, 0.15) is 12.2 Å². The van der Waals surface area contributed by atoms with Crippen LogP contribution in [0.15, 0.2) is 54.6 Å². The lowest BCUT2D eigenvalue weighted by atomic mass is 10.1. The van der Waals surface area contributed by atoms with Crippen LogP contribution in [0.25, 0.3) is 22.3 Å². The highest BCUT2D eigenvalue weighted by atomic mass is 35.5. The molecule has 0 fully saturated rings. The number of nitrogens with one attached hydrogen (secondary N) is 1. The highest BCUT2D eigenvalue weighted by Gasteiger charge is 2.23. The van der Waals surface area contributed by atoms with Gasteiger partial charge >= 0.3 is 0 Å². The predicted molar refractivity (Wildman–Crippen MR) is 119 cm³/mol. The maximum absolute atomic E-state index is 13.9. The number of alkyl halides is 2. The molecule has 2 heterocycles. The van der Waals surface area contributed by atoms with Crippen molar-refractivity contribution in [1.29, 1.82) is 0 Å². The van der Waals surface area contributed by atoms with Crippen molar-refractivity contribution >= 4 is 39.9 Å². The third-order valence-electron chi connectivity index (χ3n) is 4.94. The fraction of sp³-hybridized carbons (Fsp3) is 0.136. The van der Waals surface area contributed by atoms with E-state index in [0.29, 0.717) is 11.3 Å². The van der Waals surface area contributed by atoms with Gasteiger partial charge in [-0.2, -0.15) is 5.10 Å². The molecule has 0 radical (unpaired) electrons.